The number of pyridine rings is 1. The number of nitrogens with two attached hydrogens (primary N) is 1. The first kappa shape index (κ1) is 11.9. The Morgan fingerprint density at radius 2 is 2.47 bits per heavy atom. The van der Waals surface area contributed by atoms with E-state index in [1.54, 1.807) is 7.05 Å². The molecular weight excluding hydrogens is 216 g/mol. The van der Waals surface area contributed by atoms with Gasteiger partial charge in [-0.15, -0.1) is 0 Å². The number of hydrogen-bond donors (Lipinski definition) is 2. The Kier molecular flexibility index (Phi) is 3.58. The smallest absolute Gasteiger partial charge is 0.242 e. The molecule has 0 aliphatic carbocycles. The van der Waals surface area contributed by atoms with Crippen molar-refractivity contribution in [2.75, 3.05) is 18.5 Å². The van der Waals surface area contributed by atoms with E-state index in [0.29, 0.717) is 6.54 Å². The highest BCUT2D eigenvalue weighted by Gasteiger charge is 2.30. The summed E-state index contributed by atoms with van der Waals surface area (Å²) in [6, 6.07) is 5.67. The van der Waals surface area contributed by atoms with Crippen LogP contribution in [0.4, 0.5) is 5.82 Å². The number of aromatic nitrogens is 1. The van der Waals surface area contributed by atoms with Crippen LogP contribution in [0.15, 0.2) is 18.2 Å². The monoisotopic (exact) mass is 234 g/mol. The van der Waals surface area contributed by atoms with Gasteiger partial charge in [-0.3, -0.25) is 4.79 Å². The number of carbonyl (C=O) groups is 1. The van der Waals surface area contributed by atoms with Crippen molar-refractivity contribution in [3.63, 3.8) is 0 Å². The predicted octanol–water partition coefficient (Wildman–Crippen LogP) is 0.255. The molecule has 1 saturated heterocycles. The fraction of sp³-hybridized carbons (Fsp3) is 0.500. The molecule has 0 aromatic carbocycles. The molecule has 0 saturated carbocycles. The molecule has 1 aliphatic heterocycles. The lowest BCUT2D eigenvalue weighted by atomic mass is 10.2. The molecule has 1 amide bonds. The lowest BCUT2D eigenvalue weighted by Gasteiger charge is -2.24. The number of rotatable bonds is 3. The molecule has 2 heterocycles. The predicted molar refractivity (Wildman–Crippen MR) is 66.6 cm³/mol. The van der Waals surface area contributed by atoms with Gasteiger partial charge in [0.25, 0.3) is 0 Å². The van der Waals surface area contributed by atoms with Crippen molar-refractivity contribution < 1.29 is 4.79 Å². The minimum atomic E-state index is -0.0967. The van der Waals surface area contributed by atoms with Gasteiger partial charge in [-0.25, -0.2) is 4.98 Å². The minimum absolute atomic E-state index is 0.0578. The summed E-state index contributed by atoms with van der Waals surface area (Å²) >= 11 is 0. The highest BCUT2D eigenvalue weighted by atomic mass is 16.2. The van der Waals surface area contributed by atoms with E-state index in [-0.39, 0.29) is 11.9 Å². The van der Waals surface area contributed by atoms with Crippen LogP contribution < -0.4 is 16.0 Å². The Balaban J connectivity index is 2.22. The number of amides is 1. The first-order valence-electron chi connectivity index (χ1n) is 5.90. The maximum absolute atomic E-state index is 11.7. The van der Waals surface area contributed by atoms with E-state index in [0.717, 1.165) is 30.9 Å². The van der Waals surface area contributed by atoms with E-state index >= 15 is 0 Å². The molecule has 0 radical (unpaired) electrons. The normalized spacial score (nSPS) is 19.4. The summed E-state index contributed by atoms with van der Waals surface area (Å²) in [6.07, 6.45) is 1.90. The van der Waals surface area contributed by atoms with Crippen molar-refractivity contribution in [1.82, 2.24) is 10.3 Å². The van der Waals surface area contributed by atoms with Crippen LogP contribution >= 0.6 is 0 Å². The third-order valence-corrected chi connectivity index (χ3v) is 3.10. The fourth-order valence-electron chi connectivity index (χ4n) is 2.22. The van der Waals surface area contributed by atoms with Gasteiger partial charge < -0.3 is 16.0 Å². The molecule has 0 spiro atoms. The highest BCUT2D eigenvalue weighted by Crippen LogP contribution is 2.23. The van der Waals surface area contributed by atoms with Gasteiger partial charge in [0.1, 0.15) is 11.9 Å². The van der Waals surface area contributed by atoms with Gasteiger partial charge in [0, 0.05) is 20.1 Å². The molecule has 3 N–H and O–H groups in total. The van der Waals surface area contributed by atoms with Crippen molar-refractivity contribution in [1.29, 1.82) is 0 Å². The molecule has 5 nitrogen and oxygen atoms in total. The Labute approximate surface area is 101 Å². The summed E-state index contributed by atoms with van der Waals surface area (Å²) in [5.74, 6) is 0.904. The number of nitrogens with zero attached hydrogens (tertiary/aromatic N) is 2. The quantitative estimate of drug-likeness (QED) is 0.786. The Hall–Kier alpha value is -1.62. The van der Waals surface area contributed by atoms with Crippen molar-refractivity contribution in [3.8, 4) is 0 Å². The van der Waals surface area contributed by atoms with Crippen molar-refractivity contribution >= 4 is 11.7 Å². The van der Waals surface area contributed by atoms with Gasteiger partial charge in [0.2, 0.25) is 5.91 Å². The highest BCUT2D eigenvalue weighted by molar-refractivity contribution is 5.85. The average Bonchev–Trinajstić information content (AvgIpc) is 2.87. The van der Waals surface area contributed by atoms with Gasteiger partial charge in [0.05, 0.1) is 5.69 Å². The van der Waals surface area contributed by atoms with Gasteiger partial charge >= 0.3 is 0 Å². The van der Waals surface area contributed by atoms with Crippen LogP contribution in [-0.4, -0.2) is 30.5 Å². The van der Waals surface area contributed by atoms with Crippen LogP contribution in [0, 0.1) is 0 Å². The van der Waals surface area contributed by atoms with Crippen molar-refractivity contribution in [3.05, 3.63) is 23.9 Å². The zero-order valence-corrected chi connectivity index (χ0v) is 10.0. The minimum Gasteiger partial charge on any atom is -0.357 e. The fourth-order valence-corrected chi connectivity index (χ4v) is 2.22. The first-order valence-corrected chi connectivity index (χ1v) is 5.90. The third kappa shape index (κ3) is 2.39. The Morgan fingerprint density at radius 3 is 3.18 bits per heavy atom. The van der Waals surface area contributed by atoms with Crippen LogP contribution in [0.2, 0.25) is 0 Å². The van der Waals surface area contributed by atoms with E-state index in [2.05, 4.69) is 15.2 Å². The summed E-state index contributed by atoms with van der Waals surface area (Å²) in [7, 11) is 1.67. The third-order valence-electron chi connectivity index (χ3n) is 3.10. The zero-order valence-electron chi connectivity index (χ0n) is 10.0. The first-order chi connectivity index (χ1) is 8.26. The summed E-state index contributed by atoms with van der Waals surface area (Å²) in [5, 5.41) is 2.70. The molecule has 1 fully saturated rings. The SMILES string of the molecule is CNC(=O)C1CCCN1c1cccc(CN)n1. The van der Waals surface area contributed by atoms with Crippen LogP contribution in [0.1, 0.15) is 18.5 Å². The van der Waals surface area contributed by atoms with Gasteiger partial charge in [-0.05, 0) is 25.0 Å². The lowest BCUT2D eigenvalue weighted by Crippen LogP contribution is -2.42. The van der Waals surface area contributed by atoms with Gasteiger partial charge in [-0.2, -0.15) is 0 Å². The molecule has 1 aromatic rings. The molecule has 5 heteroatoms. The topological polar surface area (TPSA) is 71.2 Å². The van der Waals surface area contributed by atoms with E-state index in [9.17, 15) is 4.79 Å². The second-order valence-electron chi connectivity index (χ2n) is 4.16. The molecule has 17 heavy (non-hydrogen) atoms. The van der Waals surface area contributed by atoms with E-state index in [1.807, 2.05) is 18.2 Å². The molecule has 2 rings (SSSR count). The number of nitrogens with one attached hydrogen (secondary N) is 1. The van der Waals surface area contributed by atoms with E-state index in [4.69, 9.17) is 5.73 Å². The molecule has 92 valence electrons. The molecular formula is C12H18N4O. The zero-order chi connectivity index (χ0) is 12.3. The Morgan fingerprint density at radius 1 is 1.65 bits per heavy atom. The largest absolute Gasteiger partial charge is 0.357 e. The average molecular weight is 234 g/mol. The molecule has 0 bridgehead atoms. The summed E-state index contributed by atoms with van der Waals surface area (Å²) in [4.78, 5) is 18.3. The van der Waals surface area contributed by atoms with Crippen LogP contribution in [0.25, 0.3) is 0 Å². The summed E-state index contributed by atoms with van der Waals surface area (Å²) in [6.45, 7) is 1.30. The molecule has 1 atom stereocenters. The standard InChI is InChI=1S/C12H18N4O/c1-14-12(17)10-5-3-7-16(10)11-6-2-4-9(8-13)15-11/h2,4,6,10H,3,5,7-8,13H2,1H3,(H,14,17). The lowest BCUT2D eigenvalue weighted by molar-refractivity contribution is -0.121. The number of likely N-dealkylation sites (N-methyl/N-ethyl adjacent to an activating group) is 1. The second kappa shape index (κ2) is 5.14. The van der Waals surface area contributed by atoms with Crippen LogP contribution in [0.3, 0.4) is 0 Å². The Bertz CT molecular complexity index is 407. The van der Waals surface area contributed by atoms with Crippen molar-refractivity contribution in [2.45, 2.75) is 25.4 Å². The summed E-state index contributed by atoms with van der Waals surface area (Å²) < 4.78 is 0. The molecule has 1 aromatic heterocycles. The number of carbonyl (C=O) groups excluding carboxylic acids is 1. The number of hydrogen-bond acceptors (Lipinski definition) is 4. The van der Waals surface area contributed by atoms with Crippen LogP contribution in [-0.2, 0) is 11.3 Å². The van der Waals surface area contributed by atoms with Gasteiger partial charge in [-0.1, -0.05) is 6.07 Å². The van der Waals surface area contributed by atoms with Crippen LogP contribution in [0.5, 0.6) is 0 Å². The summed E-state index contributed by atoms with van der Waals surface area (Å²) in [5.41, 5.74) is 6.43. The second-order valence-corrected chi connectivity index (χ2v) is 4.16. The maximum atomic E-state index is 11.7. The maximum Gasteiger partial charge on any atom is 0.242 e. The van der Waals surface area contributed by atoms with E-state index < -0.39 is 0 Å². The number of anilines is 1. The molecule has 1 aliphatic rings. The van der Waals surface area contributed by atoms with Gasteiger partial charge in [0.15, 0.2) is 0 Å². The molecule has 1 unspecified atom stereocenters. The van der Waals surface area contributed by atoms with Crippen molar-refractivity contribution in [2.24, 2.45) is 5.73 Å². The van der Waals surface area contributed by atoms with E-state index in [1.165, 1.54) is 0 Å².